The summed E-state index contributed by atoms with van der Waals surface area (Å²) < 4.78 is 63.1. The second-order valence-electron chi connectivity index (χ2n) is 5.17. The summed E-state index contributed by atoms with van der Waals surface area (Å²) in [6, 6.07) is 9.87. The van der Waals surface area contributed by atoms with Gasteiger partial charge in [0.15, 0.2) is 0 Å². The van der Waals surface area contributed by atoms with Crippen molar-refractivity contribution < 1.29 is 26.7 Å². The molecule has 130 valence electrons. The van der Waals surface area contributed by atoms with E-state index in [4.69, 9.17) is 0 Å². The van der Waals surface area contributed by atoms with Crippen LogP contribution in [0.25, 0.3) is 16.5 Å². The first kappa shape index (κ1) is 17.0. The molecular weight excluding hydrogens is 359 g/mol. The molecule has 0 aliphatic rings. The Kier molecular flexibility index (Phi) is 3.83. The quantitative estimate of drug-likeness (QED) is 0.753. The first-order valence-corrected chi connectivity index (χ1v) is 8.36. The molecule has 0 amide bonds. The third-order valence-corrected chi connectivity index (χ3v) is 5.17. The normalized spacial score (nSPS) is 12.4. The summed E-state index contributed by atoms with van der Waals surface area (Å²) >= 11 is 0. The van der Waals surface area contributed by atoms with E-state index in [1.54, 1.807) is 0 Å². The summed E-state index contributed by atoms with van der Waals surface area (Å²) in [5.74, 6) is -0.0175. The topological polar surface area (TPSA) is 76.4 Å². The minimum atomic E-state index is -5.58. The fraction of sp³-hybridized carbons (Fsp3) is 0.0625. The van der Waals surface area contributed by atoms with E-state index in [0.29, 0.717) is 5.69 Å². The van der Waals surface area contributed by atoms with E-state index in [2.05, 4.69) is 0 Å². The number of aromatic nitrogens is 1. The molecule has 3 aromatic rings. The van der Waals surface area contributed by atoms with E-state index in [-0.39, 0.29) is 16.5 Å². The Morgan fingerprint density at radius 3 is 2.16 bits per heavy atom. The number of halogens is 3. The summed E-state index contributed by atoms with van der Waals surface area (Å²) in [5.41, 5.74) is -5.77. The van der Waals surface area contributed by atoms with Gasteiger partial charge in [-0.1, -0.05) is 6.07 Å². The van der Waals surface area contributed by atoms with Gasteiger partial charge in [0.1, 0.15) is 5.75 Å². The molecule has 0 bridgehead atoms. The molecule has 3 rings (SSSR count). The number of phenols is 1. The van der Waals surface area contributed by atoms with E-state index in [1.165, 1.54) is 36.5 Å². The van der Waals surface area contributed by atoms with Crippen molar-refractivity contribution in [1.82, 2.24) is 4.57 Å². The SMILES string of the molecule is O=c1c2cccc(S(=O)(=O)C(F)(F)F)c2ccn1-c1ccc(O)cc1. The molecule has 0 spiro atoms. The second kappa shape index (κ2) is 5.62. The molecule has 0 aliphatic heterocycles. The Morgan fingerprint density at radius 1 is 0.920 bits per heavy atom. The van der Waals surface area contributed by atoms with Gasteiger partial charge >= 0.3 is 5.51 Å². The number of alkyl halides is 3. The van der Waals surface area contributed by atoms with Gasteiger partial charge < -0.3 is 5.11 Å². The van der Waals surface area contributed by atoms with Crippen molar-refractivity contribution in [2.75, 3.05) is 0 Å². The zero-order valence-corrected chi connectivity index (χ0v) is 13.2. The van der Waals surface area contributed by atoms with Crippen LogP contribution in [0.1, 0.15) is 0 Å². The van der Waals surface area contributed by atoms with Gasteiger partial charge in [0, 0.05) is 22.7 Å². The molecule has 9 heteroatoms. The van der Waals surface area contributed by atoms with E-state index < -0.39 is 25.8 Å². The molecule has 0 unspecified atom stereocenters. The number of phenolic OH excluding ortho intramolecular Hbond substituents is 1. The predicted octanol–water partition coefficient (Wildman–Crippen LogP) is 2.99. The van der Waals surface area contributed by atoms with Crippen LogP contribution in [-0.4, -0.2) is 23.6 Å². The van der Waals surface area contributed by atoms with E-state index in [1.807, 2.05) is 0 Å². The highest BCUT2D eigenvalue weighted by atomic mass is 32.2. The minimum absolute atomic E-state index is 0.0175. The molecule has 1 heterocycles. The highest BCUT2D eigenvalue weighted by molar-refractivity contribution is 7.92. The molecule has 0 saturated carbocycles. The Bertz CT molecular complexity index is 1120. The average molecular weight is 369 g/mol. The molecule has 0 aliphatic carbocycles. The lowest BCUT2D eigenvalue weighted by Gasteiger charge is -2.12. The Labute approximate surface area is 139 Å². The molecule has 1 aromatic heterocycles. The molecular formula is C16H10F3NO4S. The lowest BCUT2D eigenvalue weighted by molar-refractivity contribution is -0.0435. The molecule has 0 radical (unpaired) electrons. The number of sulfone groups is 1. The Balaban J connectivity index is 2.30. The summed E-state index contributed by atoms with van der Waals surface area (Å²) in [5, 5.41) is 8.81. The van der Waals surface area contributed by atoms with E-state index >= 15 is 0 Å². The molecule has 0 atom stereocenters. The molecule has 1 N–H and O–H groups in total. The van der Waals surface area contributed by atoms with Gasteiger partial charge in [-0.3, -0.25) is 9.36 Å². The van der Waals surface area contributed by atoms with Gasteiger partial charge in [-0.15, -0.1) is 0 Å². The van der Waals surface area contributed by atoms with Crippen molar-refractivity contribution in [3.8, 4) is 11.4 Å². The van der Waals surface area contributed by atoms with Crippen LogP contribution in [-0.2, 0) is 9.84 Å². The van der Waals surface area contributed by atoms with Crippen LogP contribution in [0, 0.1) is 0 Å². The van der Waals surface area contributed by atoms with Crippen molar-refractivity contribution in [3.05, 3.63) is 65.1 Å². The number of pyridine rings is 1. The van der Waals surface area contributed by atoms with Crippen molar-refractivity contribution in [2.45, 2.75) is 10.4 Å². The van der Waals surface area contributed by atoms with Crippen LogP contribution >= 0.6 is 0 Å². The van der Waals surface area contributed by atoms with E-state index in [9.17, 15) is 31.5 Å². The molecule has 5 nitrogen and oxygen atoms in total. The number of rotatable bonds is 2. The highest BCUT2D eigenvalue weighted by Gasteiger charge is 2.47. The monoisotopic (exact) mass is 369 g/mol. The van der Waals surface area contributed by atoms with Gasteiger partial charge in [0.05, 0.1) is 4.90 Å². The molecule has 2 aromatic carbocycles. The number of hydrogen-bond acceptors (Lipinski definition) is 4. The van der Waals surface area contributed by atoms with Gasteiger partial charge in [-0.05, 0) is 42.5 Å². The smallest absolute Gasteiger partial charge is 0.501 e. The maximum absolute atomic E-state index is 12.8. The number of aromatic hydroxyl groups is 1. The standard InChI is InChI=1S/C16H10F3NO4S/c17-16(18,19)25(23,24)14-3-1-2-13-12(14)8-9-20(15(13)22)10-4-6-11(21)7-5-10/h1-9,21H. The van der Waals surface area contributed by atoms with Crippen molar-refractivity contribution >= 4 is 20.6 Å². The maximum atomic E-state index is 12.8. The first-order chi connectivity index (χ1) is 11.6. The fourth-order valence-electron chi connectivity index (χ4n) is 2.42. The maximum Gasteiger partial charge on any atom is 0.501 e. The van der Waals surface area contributed by atoms with Crippen LogP contribution in [0.15, 0.2) is 64.4 Å². The molecule has 0 saturated heterocycles. The number of fused-ring (bicyclic) bond motifs is 1. The summed E-state index contributed by atoms with van der Waals surface area (Å²) in [7, 11) is -5.58. The van der Waals surface area contributed by atoms with Gasteiger partial charge in [-0.25, -0.2) is 8.42 Å². The van der Waals surface area contributed by atoms with Crippen molar-refractivity contribution in [2.24, 2.45) is 0 Å². The van der Waals surface area contributed by atoms with Crippen LogP contribution in [0.3, 0.4) is 0 Å². The zero-order valence-electron chi connectivity index (χ0n) is 12.4. The summed E-state index contributed by atoms with van der Waals surface area (Å²) in [6.45, 7) is 0. The predicted molar refractivity (Wildman–Crippen MR) is 84.5 cm³/mol. The van der Waals surface area contributed by atoms with Gasteiger partial charge in [-0.2, -0.15) is 13.2 Å². The van der Waals surface area contributed by atoms with Crippen LogP contribution < -0.4 is 5.56 Å². The number of hydrogen-bond donors (Lipinski definition) is 1. The van der Waals surface area contributed by atoms with Gasteiger partial charge in [0.25, 0.3) is 15.4 Å². The van der Waals surface area contributed by atoms with E-state index in [0.717, 1.165) is 22.8 Å². The highest BCUT2D eigenvalue weighted by Crippen LogP contribution is 2.33. The lowest BCUT2D eigenvalue weighted by Crippen LogP contribution is -2.24. The third kappa shape index (κ3) is 2.76. The summed E-state index contributed by atoms with van der Waals surface area (Å²) in [6.07, 6.45) is 1.19. The third-order valence-electron chi connectivity index (χ3n) is 3.63. The van der Waals surface area contributed by atoms with Crippen molar-refractivity contribution in [1.29, 1.82) is 0 Å². The first-order valence-electron chi connectivity index (χ1n) is 6.88. The van der Waals surface area contributed by atoms with Crippen LogP contribution in [0.4, 0.5) is 13.2 Å². The van der Waals surface area contributed by atoms with Crippen LogP contribution in [0.5, 0.6) is 5.75 Å². The molecule has 25 heavy (non-hydrogen) atoms. The Morgan fingerprint density at radius 2 is 1.56 bits per heavy atom. The number of benzene rings is 2. The van der Waals surface area contributed by atoms with Crippen LogP contribution in [0.2, 0.25) is 0 Å². The number of nitrogens with zero attached hydrogens (tertiary/aromatic N) is 1. The van der Waals surface area contributed by atoms with Crippen molar-refractivity contribution in [3.63, 3.8) is 0 Å². The summed E-state index contributed by atoms with van der Waals surface area (Å²) in [4.78, 5) is 11.6. The Hall–Kier alpha value is -2.81. The zero-order chi connectivity index (χ0) is 18.4. The average Bonchev–Trinajstić information content (AvgIpc) is 2.55. The largest absolute Gasteiger partial charge is 0.508 e. The second-order valence-corrected chi connectivity index (χ2v) is 7.08. The fourth-order valence-corrected chi connectivity index (χ4v) is 3.40. The van der Waals surface area contributed by atoms with Gasteiger partial charge in [0.2, 0.25) is 0 Å². The minimum Gasteiger partial charge on any atom is -0.508 e. The lowest BCUT2D eigenvalue weighted by atomic mass is 10.1. The molecule has 0 fully saturated rings.